The average molecular weight is 370 g/mol. The number of nitrogens with zero attached hydrogens (tertiary/aromatic N) is 1. The standard InChI is InChI=1S/C21H30N4O2/c22-20(23)17-10-8-16(9-11-17)14-24-21(27)18-7-4-12-25(18)19(26)13-15-5-2-1-3-6-15/h8-11,15,18H,1-7,12-14H2,(H3,22,23)(H,24,27)/t18-/m0/s1. The number of carbonyl (C=O) groups is 2. The van der Waals surface area contributed by atoms with Gasteiger partial charge in [-0.05, 0) is 37.2 Å². The molecule has 6 nitrogen and oxygen atoms in total. The van der Waals surface area contributed by atoms with Crippen LogP contribution in [-0.4, -0.2) is 35.1 Å². The van der Waals surface area contributed by atoms with Crippen LogP contribution in [0.15, 0.2) is 24.3 Å². The molecule has 1 aliphatic carbocycles. The van der Waals surface area contributed by atoms with Crippen molar-refractivity contribution in [1.82, 2.24) is 10.2 Å². The van der Waals surface area contributed by atoms with Crippen molar-refractivity contribution in [3.63, 3.8) is 0 Å². The molecule has 4 N–H and O–H groups in total. The summed E-state index contributed by atoms with van der Waals surface area (Å²) in [5, 5.41) is 10.4. The van der Waals surface area contributed by atoms with Gasteiger partial charge in [0.05, 0.1) is 0 Å². The lowest BCUT2D eigenvalue weighted by Crippen LogP contribution is -2.46. The molecule has 0 unspecified atom stereocenters. The molecule has 0 radical (unpaired) electrons. The van der Waals surface area contributed by atoms with Crippen LogP contribution in [-0.2, 0) is 16.1 Å². The first-order valence-corrected chi connectivity index (χ1v) is 10.0. The molecule has 3 rings (SSSR count). The van der Waals surface area contributed by atoms with E-state index in [0.717, 1.165) is 31.2 Å². The second kappa shape index (κ2) is 9.02. The van der Waals surface area contributed by atoms with Gasteiger partial charge in [0.2, 0.25) is 11.8 Å². The molecule has 0 bridgehead atoms. The molecule has 1 aromatic carbocycles. The van der Waals surface area contributed by atoms with E-state index in [1.165, 1.54) is 19.3 Å². The summed E-state index contributed by atoms with van der Waals surface area (Å²) in [6, 6.07) is 6.94. The molecule has 1 saturated heterocycles. The summed E-state index contributed by atoms with van der Waals surface area (Å²) in [6.45, 7) is 1.11. The van der Waals surface area contributed by atoms with Crippen molar-refractivity contribution in [1.29, 1.82) is 5.41 Å². The van der Waals surface area contributed by atoms with E-state index >= 15 is 0 Å². The summed E-state index contributed by atoms with van der Waals surface area (Å²) in [7, 11) is 0. The normalized spacial score (nSPS) is 20.4. The number of hydrogen-bond acceptors (Lipinski definition) is 3. The molecule has 6 heteroatoms. The van der Waals surface area contributed by atoms with Gasteiger partial charge in [-0.25, -0.2) is 0 Å². The van der Waals surface area contributed by atoms with Crippen molar-refractivity contribution in [3.05, 3.63) is 35.4 Å². The van der Waals surface area contributed by atoms with E-state index < -0.39 is 0 Å². The third-order valence-corrected chi connectivity index (χ3v) is 5.80. The number of amidine groups is 1. The molecule has 1 heterocycles. The zero-order valence-electron chi connectivity index (χ0n) is 15.9. The molecule has 146 valence electrons. The topological polar surface area (TPSA) is 99.3 Å². The second-order valence-corrected chi connectivity index (χ2v) is 7.78. The monoisotopic (exact) mass is 370 g/mol. The molecule has 27 heavy (non-hydrogen) atoms. The van der Waals surface area contributed by atoms with Gasteiger partial charge in [0, 0.05) is 25.1 Å². The van der Waals surface area contributed by atoms with Gasteiger partial charge in [0.25, 0.3) is 0 Å². The molecule has 1 aliphatic heterocycles. The Balaban J connectivity index is 1.51. The zero-order chi connectivity index (χ0) is 19.2. The summed E-state index contributed by atoms with van der Waals surface area (Å²) in [6.07, 6.45) is 8.25. The van der Waals surface area contributed by atoms with Gasteiger partial charge >= 0.3 is 0 Å². The van der Waals surface area contributed by atoms with Gasteiger partial charge in [-0.2, -0.15) is 0 Å². The third kappa shape index (κ3) is 5.08. The van der Waals surface area contributed by atoms with Gasteiger partial charge in [-0.3, -0.25) is 15.0 Å². The SMILES string of the molecule is N=C(N)c1ccc(CNC(=O)[C@@H]2CCCN2C(=O)CC2CCCCC2)cc1. The largest absolute Gasteiger partial charge is 0.384 e. The summed E-state index contributed by atoms with van der Waals surface area (Å²) in [5.74, 6) is 0.601. The number of likely N-dealkylation sites (tertiary alicyclic amines) is 1. The molecular weight excluding hydrogens is 340 g/mol. The van der Waals surface area contributed by atoms with E-state index in [1.807, 2.05) is 12.1 Å². The number of nitrogens with one attached hydrogen (secondary N) is 2. The maximum atomic E-state index is 12.7. The average Bonchev–Trinajstić information content (AvgIpc) is 3.17. The first-order chi connectivity index (χ1) is 13.0. The Labute approximate surface area is 161 Å². The number of rotatable bonds is 6. The number of nitrogens with two attached hydrogens (primary N) is 1. The van der Waals surface area contributed by atoms with E-state index in [1.54, 1.807) is 17.0 Å². The lowest BCUT2D eigenvalue weighted by Gasteiger charge is -2.27. The molecule has 0 spiro atoms. The van der Waals surface area contributed by atoms with Crippen LogP contribution in [0.5, 0.6) is 0 Å². The fourth-order valence-corrected chi connectivity index (χ4v) is 4.20. The first kappa shape index (κ1) is 19.4. The summed E-state index contributed by atoms with van der Waals surface area (Å²) >= 11 is 0. The highest BCUT2D eigenvalue weighted by Gasteiger charge is 2.34. The number of hydrogen-bond donors (Lipinski definition) is 3. The summed E-state index contributed by atoms with van der Waals surface area (Å²) in [4.78, 5) is 27.2. The highest BCUT2D eigenvalue weighted by atomic mass is 16.2. The molecule has 1 atom stereocenters. The number of carbonyl (C=O) groups excluding carboxylic acids is 2. The Morgan fingerprint density at radius 1 is 1.07 bits per heavy atom. The van der Waals surface area contributed by atoms with Crippen LogP contribution < -0.4 is 11.1 Å². The zero-order valence-corrected chi connectivity index (χ0v) is 15.9. The lowest BCUT2D eigenvalue weighted by atomic mass is 9.86. The Kier molecular flexibility index (Phi) is 6.48. The van der Waals surface area contributed by atoms with E-state index in [0.29, 0.717) is 31.0 Å². The van der Waals surface area contributed by atoms with E-state index in [9.17, 15) is 9.59 Å². The van der Waals surface area contributed by atoms with E-state index in [4.69, 9.17) is 11.1 Å². The van der Waals surface area contributed by atoms with Crippen LogP contribution in [0.25, 0.3) is 0 Å². The molecule has 1 saturated carbocycles. The van der Waals surface area contributed by atoms with E-state index in [2.05, 4.69) is 5.32 Å². The molecule has 2 amide bonds. The van der Waals surface area contributed by atoms with Crippen molar-refractivity contribution in [2.45, 2.75) is 64.0 Å². The Morgan fingerprint density at radius 3 is 2.44 bits per heavy atom. The van der Waals surface area contributed by atoms with Crippen molar-refractivity contribution < 1.29 is 9.59 Å². The van der Waals surface area contributed by atoms with Crippen LogP contribution in [0.3, 0.4) is 0 Å². The van der Waals surface area contributed by atoms with Gasteiger partial charge in [-0.15, -0.1) is 0 Å². The van der Waals surface area contributed by atoms with Crippen molar-refractivity contribution in [3.8, 4) is 0 Å². The van der Waals surface area contributed by atoms with Crippen molar-refractivity contribution in [2.24, 2.45) is 11.7 Å². The van der Waals surface area contributed by atoms with E-state index in [-0.39, 0.29) is 23.7 Å². The highest BCUT2D eigenvalue weighted by Crippen LogP contribution is 2.28. The smallest absolute Gasteiger partial charge is 0.243 e. The Morgan fingerprint density at radius 2 is 1.78 bits per heavy atom. The minimum Gasteiger partial charge on any atom is -0.384 e. The molecule has 2 aliphatic rings. The minimum absolute atomic E-state index is 0.0312. The lowest BCUT2D eigenvalue weighted by molar-refractivity contribution is -0.139. The van der Waals surface area contributed by atoms with Crippen molar-refractivity contribution >= 4 is 17.6 Å². The number of benzene rings is 1. The quantitative estimate of drug-likeness (QED) is 0.530. The predicted molar refractivity (Wildman–Crippen MR) is 105 cm³/mol. The fourth-order valence-electron chi connectivity index (χ4n) is 4.20. The Hall–Kier alpha value is -2.37. The fraction of sp³-hybridized carbons (Fsp3) is 0.571. The summed E-state index contributed by atoms with van der Waals surface area (Å²) in [5.41, 5.74) is 7.07. The maximum Gasteiger partial charge on any atom is 0.243 e. The second-order valence-electron chi connectivity index (χ2n) is 7.78. The predicted octanol–water partition coefficient (Wildman–Crippen LogP) is 2.55. The van der Waals surface area contributed by atoms with Crippen LogP contribution >= 0.6 is 0 Å². The van der Waals surface area contributed by atoms with Gasteiger partial charge < -0.3 is 16.0 Å². The van der Waals surface area contributed by atoms with Crippen LogP contribution in [0, 0.1) is 11.3 Å². The van der Waals surface area contributed by atoms with Gasteiger partial charge in [0.1, 0.15) is 11.9 Å². The van der Waals surface area contributed by atoms with Crippen LogP contribution in [0.2, 0.25) is 0 Å². The maximum absolute atomic E-state index is 12.7. The van der Waals surface area contributed by atoms with Crippen LogP contribution in [0.4, 0.5) is 0 Å². The third-order valence-electron chi connectivity index (χ3n) is 5.80. The van der Waals surface area contributed by atoms with Crippen LogP contribution in [0.1, 0.15) is 62.5 Å². The molecule has 0 aromatic heterocycles. The Bertz CT molecular complexity index is 680. The molecular formula is C21H30N4O2. The minimum atomic E-state index is -0.336. The number of amides is 2. The highest BCUT2D eigenvalue weighted by molar-refractivity contribution is 5.94. The summed E-state index contributed by atoms with van der Waals surface area (Å²) < 4.78 is 0. The molecule has 2 fully saturated rings. The first-order valence-electron chi connectivity index (χ1n) is 10.0. The van der Waals surface area contributed by atoms with Gasteiger partial charge in [-0.1, -0.05) is 43.5 Å². The van der Waals surface area contributed by atoms with Gasteiger partial charge in [0.15, 0.2) is 0 Å². The van der Waals surface area contributed by atoms with Crippen molar-refractivity contribution in [2.75, 3.05) is 6.54 Å². The number of nitrogen functional groups attached to an aromatic ring is 1. The molecule has 1 aromatic rings.